The molecule has 0 unspecified atom stereocenters. The lowest BCUT2D eigenvalue weighted by molar-refractivity contribution is 0.100. The Bertz CT molecular complexity index is 1090. The summed E-state index contributed by atoms with van der Waals surface area (Å²) in [6.45, 7) is 8.31. The Morgan fingerprint density at radius 2 is 1.85 bits per heavy atom. The van der Waals surface area contributed by atoms with Crippen LogP contribution < -0.4 is 11.2 Å². The van der Waals surface area contributed by atoms with Crippen LogP contribution in [0, 0.1) is 6.92 Å². The summed E-state index contributed by atoms with van der Waals surface area (Å²) in [6, 6.07) is 10.4. The van der Waals surface area contributed by atoms with Crippen molar-refractivity contribution in [3.8, 4) is 11.3 Å². The van der Waals surface area contributed by atoms with Crippen LogP contribution in [0.2, 0.25) is 5.02 Å². The van der Waals surface area contributed by atoms with E-state index in [2.05, 4.69) is 31.8 Å². The molecule has 3 aromatic rings. The number of aryl methyl sites for hydroxylation is 1. The van der Waals surface area contributed by atoms with Gasteiger partial charge in [-0.1, -0.05) is 44.5 Å². The van der Waals surface area contributed by atoms with Gasteiger partial charge >= 0.3 is 0 Å². The maximum atomic E-state index is 12.7. The van der Waals surface area contributed by atoms with E-state index in [4.69, 9.17) is 17.3 Å². The van der Waals surface area contributed by atoms with Crippen molar-refractivity contribution in [3.05, 3.63) is 68.3 Å². The first-order chi connectivity index (χ1) is 12.1. The van der Waals surface area contributed by atoms with Gasteiger partial charge in [0.15, 0.2) is 5.43 Å². The minimum atomic E-state index is -0.623. The third-order valence-electron chi connectivity index (χ3n) is 4.53. The van der Waals surface area contributed by atoms with Crippen molar-refractivity contribution in [2.24, 2.45) is 5.73 Å². The topological polar surface area (TPSA) is 76.0 Å². The fourth-order valence-electron chi connectivity index (χ4n) is 3.20. The van der Waals surface area contributed by atoms with Gasteiger partial charge in [-0.3, -0.25) is 9.59 Å². The van der Waals surface area contributed by atoms with E-state index in [9.17, 15) is 9.59 Å². The Kier molecular flexibility index (Phi) is 4.41. The van der Waals surface area contributed by atoms with Crippen molar-refractivity contribution in [2.75, 3.05) is 0 Å². The van der Waals surface area contributed by atoms with Crippen molar-refractivity contribution in [3.63, 3.8) is 0 Å². The number of rotatable bonds is 2. The summed E-state index contributed by atoms with van der Waals surface area (Å²) in [7, 11) is 0. The molecule has 0 aliphatic heterocycles. The number of nitrogens with two attached hydrogens (primary N) is 1. The molecular formula is C21H21ClN2O2. The second-order valence-electron chi connectivity index (χ2n) is 7.54. The number of pyridine rings is 1. The molecule has 0 aliphatic carbocycles. The van der Waals surface area contributed by atoms with Crippen molar-refractivity contribution in [2.45, 2.75) is 33.1 Å². The minimum absolute atomic E-state index is 0.0758. The monoisotopic (exact) mass is 368 g/mol. The van der Waals surface area contributed by atoms with Gasteiger partial charge in [0, 0.05) is 16.7 Å². The average molecular weight is 369 g/mol. The minimum Gasteiger partial charge on any atom is -0.366 e. The fraction of sp³-hybridized carbons (Fsp3) is 0.238. The summed E-state index contributed by atoms with van der Waals surface area (Å²) in [5.74, 6) is -0.623. The zero-order valence-corrected chi connectivity index (χ0v) is 16.0. The number of carbonyl (C=O) groups excluding carboxylic acids is 1. The van der Waals surface area contributed by atoms with Crippen LogP contribution in [0.5, 0.6) is 0 Å². The molecule has 0 spiro atoms. The predicted molar refractivity (Wildman–Crippen MR) is 107 cm³/mol. The van der Waals surface area contributed by atoms with Gasteiger partial charge in [0.25, 0.3) is 0 Å². The first kappa shape index (κ1) is 18.2. The molecule has 3 rings (SSSR count). The van der Waals surface area contributed by atoms with Crippen molar-refractivity contribution in [1.29, 1.82) is 0 Å². The molecule has 0 saturated heterocycles. The van der Waals surface area contributed by atoms with Crippen LogP contribution in [0.25, 0.3) is 22.2 Å². The van der Waals surface area contributed by atoms with Crippen molar-refractivity contribution >= 4 is 28.4 Å². The van der Waals surface area contributed by atoms with E-state index in [1.165, 1.54) is 6.07 Å². The highest BCUT2D eigenvalue weighted by molar-refractivity contribution is 6.31. The Labute approximate surface area is 157 Å². The number of aromatic amines is 1. The summed E-state index contributed by atoms with van der Waals surface area (Å²) in [5.41, 5.74) is 9.43. The molecule has 0 fully saturated rings. The highest BCUT2D eigenvalue weighted by atomic mass is 35.5. The van der Waals surface area contributed by atoms with Crippen LogP contribution in [-0.4, -0.2) is 10.9 Å². The van der Waals surface area contributed by atoms with E-state index < -0.39 is 5.91 Å². The molecule has 1 amide bonds. The lowest BCUT2D eigenvalue weighted by Gasteiger charge is -2.22. The third kappa shape index (κ3) is 3.13. The largest absolute Gasteiger partial charge is 0.366 e. The number of fused-ring (bicyclic) bond motifs is 1. The quantitative estimate of drug-likeness (QED) is 0.696. The van der Waals surface area contributed by atoms with Gasteiger partial charge in [-0.2, -0.15) is 0 Å². The number of H-pyrrole nitrogens is 1. The van der Waals surface area contributed by atoms with Crippen LogP contribution in [0.4, 0.5) is 0 Å². The van der Waals surface area contributed by atoms with Crippen LogP contribution in [-0.2, 0) is 5.41 Å². The van der Waals surface area contributed by atoms with E-state index in [-0.39, 0.29) is 16.4 Å². The molecule has 0 atom stereocenters. The maximum absolute atomic E-state index is 12.7. The van der Waals surface area contributed by atoms with Crippen LogP contribution >= 0.6 is 11.6 Å². The van der Waals surface area contributed by atoms with Crippen LogP contribution in [0.1, 0.15) is 42.3 Å². The van der Waals surface area contributed by atoms with Gasteiger partial charge in [0.05, 0.1) is 22.2 Å². The number of nitrogens with one attached hydrogen (secondary N) is 1. The molecule has 0 radical (unpaired) electrons. The maximum Gasteiger partial charge on any atom is 0.249 e. The Morgan fingerprint density at radius 1 is 1.15 bits per heavy atom. The summed E-state index contributed by atoms with van der Waals surface area (Å²) >= 11 is 6.51. The number of hydrogen-bond acceptors (Lipinski definition) is 2. The summed E-state index contributed by atoms with van der Waals surface area (Å²) < 4.78 is 0. The highest BCUT2D eigenvalue weighted by Gasteiger charge is 2.20. The predicted octanol–water partition coefficient (Wildman–Crippen LogP) is 4.55. The second-order valence-corrected chi connectivity index (χ2v) is 7.94. The first-order valence-corrected chi connectivity index (χ1v) is 8.74. The Hall–Kier alpha value is -2.59. The number of primary amides is 1. The fourth-order valence-corrected chi connectivity index (χ4v) is 3.65. The smallest absolute Gasteiger partial charge is 0.249 e. The van der Waals surface area contributed by atoms with Gasteiger partial charge in [-0.15, -0.1) is 0 Å². The molecule has 0 bridgehead atoms. The molecule has 3 N–H and O–H groups in total. The molecule has 5 heteroatoms. The van der Waals surface area contributed by atoms with Gasteiger partial charge in [0.2, 0.25) is 5.91 Å². The molecule has 0 saturated carbocycles. The molecule has 26 heavy (non-hydrogen) atoms. The summed E-state index contributed by atoms with van der Waals surface area (Å²) in [6.07, 6.45) is 0. The number of aromatic nitrogens is 1. The average Bonchev–Trinajstić information content (AvgIpc) is 2.54. The lowest BCUT2D eigenvalue weighted by atomic mass is 9.85. The molecule has 1 aromatic heterocycles. The van der Waals surface area contributed by atoms with E-state index >= 15 is 0 Å². The Morgan fingerprint density at radius 3 is 2.46 bits per heavy atom. The Balaban J connectivity index is 2.26. The summed E-state index contributed by atoms with van der Waals surface area (Å²) in [4.78, 5) is 27.5. The zero-order chi connectivity index (χ0) is 19.2. The van der Waals surface area contributed by atoms with Crippen molar-refractivity contribution < 1.29 is 4.79 Å². The molecule has 134 valence electrons. The van der Waals surface area contributed by atoms with E-state index in [0.29, 0.717) is 21.6 Å². The third-order valence-corrected chi connectivity index (χ3v) is 4.85. The molecule has 0 aliphatic rings. The van der Waals surface area contributed by atoms with E-state index in [0.717, 1.165) is 16.7 Å². The number of amides is 1. The number of hydrogen-bond donors (Lipinski definition) is 2. The molecule has 2 aromatic carbocycles. The highest BCUT2D eigenvalue weighted by Crippen LogP contribution is 2.35. The standard InChI is InChI=1S/C21H21ClN2O2/c1-11-8-14(21(2,3)4)15(22)9-13(11)17-10-18(25)19-12(20(23)26)6-5-7-16(19)24-17/h5-10H,1-4H3,(H2,23,26)(H,24,25). The molecular weight excluding hydrogens is 348 g/mol. The molecule has 1 heterocycles. The van der Waals surface area contributed by atoms with Crippen LogP contribution in [0.3, 0.4) is 0 Å². The van der Waals surface area contributed by atoms with Gasteiger partial charge in [-0.25, -0.2) is 0 Å². The van der Waals surface area contributed by atoms with Gasteiger partial charge in [-0.05, 0) is 41.7 Å². The number of benzene rings is 2. The molecule has 4 nitrogen and oxygen atoms in total. The van der Waals surface area contributed by atoms with Crippen LogP contribution in [0.15, 0.2) is 41.2 Å². The van der Waals surface area contributed by atoms with E-state index in [1.807, 2.05) is 13.0 Å². The van der Waals surface area contributed by atoms with Gasteiger partial charge in [0.1, 0.15) is 0 Å². The number of halogens is 1. The zero-order valence-electron chi connectivity index (χ0n) is 15.2. The van der Waals surface area contributed by atoms with E-state index in [1.54, 1.807) is 18.2 Å². The van der Waals surface area contributed by atoms with Crippen molar-refractivity contribution in [1.82, 2.24) is 4.98 Å². The lowest BCUT2D eigenvalue weighted by Crippen LogP contribution is -2.16. The first-order valence-electron chi connectivity index (χ1n) is 8.36. The van der Waals surface area contributed by atoms with Gasteiger partial charge < -0.3 is 10.7 Å². The normalized spacial score (nSPS) is 11.7. The SMILES string of the molecule is Cc1cc(C(C)(C)C)c(Cl)cc1-c1cc(=O)c2c(C(N)=O)cccc2[nH]1. The second kappa shape index (κ2) is 6.29. The summed E-state index contributed by atoms with van der Waals surface area (Å²) in [5, 5.41) is 0.962. The number of carbonyl (C=O) groups is 1.